The minimum absolute atomic E-state index is 0.0485. The van der Waals surface area contributed by atoms with Crippen molar-refractivity contribution in [1.82, 2.24) is 4.98 Å². The van der Waals surface area contributed by atoms with E-state index < -0.39 is 5.91 Å². The van der Waals surface area contributed by atoms with Crippen LogP contribution >= 0.6 is 0 Å². The maximum Gasteiger partial charge on any atom is 0.248 e. The van der Waals surface area contributed by atoms with Crippen LogP contribution in [0.5, 0.6) is 0 Å². The number of anilines is 1. The van der Waals surface area contributed by atoms with Gasteiger partial charge in [-0.05, 0) is 35.9 Å². The van der Waals surface area contributed by atoms with E-state index in [1.807, 2.05) is 6.07 Å². The zero-order valence-corrected chi connectivity index (χ0v) is 11.2. The highest BCUT2D eigenvalue weighted by Crippen LogP contribution is 2.12. The molecule has 2 rings (SSSR count). The second-order valence-corrected chi connectivity index (χ2v) is 4.33. The predicted molar refractivity (Wildman–Crippen MR) is 79.0 cm³/mol. The Bertz CT molecular complexity index is 685. The van der Waals surface area contributed by atoms with Crippen LogP contribution in [0, 0.1) is 0 Å². The number of nitrogens with two attached hydrogens (primary N) is 2. The average Bonchev–Trinajstić information content (AvgIpc) is 2.52. The molecule has 7 nitrogen and oxygen atoms in total. The first-order chi connectivity index (χ1) is 10.1. The first kappa shape index (κ1) is 14.3. The van der Waals surface area contributed by atoms with Crippen molar-refractivity contribution in [2.24, 2.45) is 16.6 Å². The molecule has 0 radical (unpaired) electrons. The number of nitrogens with zero attached hydrogens (tertiary/aromatic N) is 2. The zero-order chi connectivity index (χ0) is 15.2. The molecule has 0 fully saturated rings. The third kappa shape index (κ3) is 3.69. The van der Waals surface area contributed by atoms with E-state index in [-0.39, 0.29) is 5.84 Å². The largest absolute Gasteiger partial charge is 0.409 e. The van der Waals surface area contributed by atoms with Crippen molar-refractivity contribution >= 4 is 17.4 Å². The summed E-state index contributed by atoms with van der Waals surface area (Å²) in [5.41, 5.74) is 13.2. The lowest BCUT2D eigenvalue weighted by Crippen LogP contribution is -2.15. The van der Waals surface area contributed by atoms with E-state index in [1.54, 1.807) is 36.5 Å². The normalized spacial score (nSPS) is 11.1. The van der Waals surface area contributed by atoms with E-state index in [4.69, 9.17) is 16.7 Å². The monoisotopic (exact) mass is 285 g/mol. The fraction of sp³-hybridized carbons (Fsp3) is 0.0714. The first-order valence-corrected chi connectivity index (χ1v) is 6.16. The number of carbonyl (C=O) groups is 1. The molecule has 6 N–H and O–H groups in total. The maximum absolute atomic E-state index is 11.1. The van der Waals surface area contributed by atoms with Gasteiger partial charge in [0.15, 0.2) is 5.84 Å². The summed E-state index contributed by atoms with van der Waals surface area (Å²) >= 11 is 0. The van der Waals surface area contributed by atoms with E-state index in [2.05, 4.69) is 15.5 Å². The number of primary amides is 1. The molecule has 0 bridgehead atoms. The molecule has 7 heteroatoms. The minimum atomic E-state index is -0.475. The van der Waals surface area contributed by atoms with Crippen LogP contribution in [0.2, 0.25) is 0 Å². The number of hydrogen-bond donors (Lipinski definition) is 4. The number of hydrogen-bond acceptors (Lipinski definition) is 5. The predicted octanol–water partition coefficient (Wildman–Crippen LogP) is 0.887. The minimum Gasteiger partial charge on any atom is -0.409 e. The van der Waals surface area contributed by atoms with Crippen LogP contribution in [0.3, 0.4) is 0 Å². The van der Waals surface area contributed by atoms with Crippen LogP contribution in [0.1, 0.15) is 21.6 Å². The summed E-state index contributed by atoms with van der Waals surface area (Å²) in [4.78, 5) is 15.1. The smallest absolute Gasteiger partial charge is 0.248 e. The summed E-state index contributed by atoms with van der Waals surface area (Å²) in [6.45, 7) is 0.496. The summed E-state index contributed by atoms with van der Waals surface area (Å²) in [5.74, 6) is -0.524. The Labute approximate surface area is 121 Å². The van der Waals surface area contributed by atoms with Crippen LogP contribution < -0.4 is 16.8 Å². The number of rotatable bonds is 5. The molecule has 0 saturated carbocycles. The first-order valence-electron chi connectivity index (χ1n) is 6.16. The molecule has 0 saturated heterocycles. The van der Waals surface area contributed by atoms with Gasteiger partial charge in [0.2, 0.25) is 5.91 Å². The molecule has 0 atom stereocenters. The Kier molecular flexibility index (Phi) is 4.35. The highest BCUT2D eigenvalue weighted by Gasteiger charge is 2.04. The third-order valence-corrected chi connectivity index (χ3v) is 2.84. The molecular formula is C14H15N5O2. The van der Waals surface area contributed by atoms with Crippen molar-refractivity contribution in [3.8, 4) is 0 Å². The number of oxime groups is 1. The van der Waals surface area contributed by atoms with Crippen molar-refractivity contribution in [3.63, 3.8) is 0 Å². The Balaban J connectivity index is 2.10. The zero-order valence-electron chi connectivity index (χ0n) is 11.2. The van der Waals surface area contributed by atoms with Crippen molar-refractivity contribution in [2.75, 3.05) is 5.32 Å². The molecule has 1 heterocycles. The topological polar surface area (TPSA) is 127 Å². The SMILES string of the molecule is NC(=O)c1cccc(NCc2ccnc(/C(N)=N/O)c2)c1. The van der Waals surface area contributed by atoms with Gasteiger partial charge in [0.05, 0.1) is 0 Å². The molecule has 21 heavy (non-hydrogen) atoms. The van der Waals surface area contributed by atoms with Crippen molar-refractivity contribution in [1.29, 1.82) is 0 Å². The van der Waals surface area contributed by atoms with Gasteiger partial charge < -0.3 is 22.0 Å². The second kappa shape index (κ2) is 6.38. The lowest BCUT2D eigenvalue weighted by molar-refractivity contribution is 0.100. The van der Waals surface area contributed by atoms with Crippen LogP contribution in [0.25, 0.3) is 0 Å². The van der Waals surface area contributed by atoms with E-state index in [1.165, 1.54) is 0 Å². The summed E-state index contributed by atoms with van der Waals surface area (Å²) in [7, 11) is 0. The van der Waals surface area contributed by atoms with E-state index >= 15 is 0 Å². The van der Waals surface area contributed by atoms with E-state index in [0.717, 1.165) is 11.3 Å². The number of aromatic nitrogens is 1. The van der Waals surface area contributed by atoms with Crippen LogP contribution in [0.4, 0.5) is 5.69 Å². The fourth-order valence-electron chi connectivity index (χ4n) is 1.76. The Hall–Kier alpha value is -3.09. The molecule has 1 aromatic heterocycles. The molecule has 108 valence electrons. The van der Waals surface area contributed by atoms with Gasteiger partial charge in [-0.15, -0.1) is 0 Å². The number of carbonyl (C=O) groups excluding carboxylic acids is 1. The van der Waals surface area contributed by atoms with Crippen molar-refractivity contribution < 1.29 is 10.0 Å². The van der Waals surface area contributed by atoms with E-state index in [0.29, 0.717) is 17.8 Å². The highest BCUT2D eigenvalue weighted by atomic mass is 16.4. The summed E-state index contributed by atoms with van der Waals surface area (Å²) in [5, 5.41) is 14.7. The van der Waals surface area contributed by atoms with Crippen LogP contribution in [-0.4, -0.2) is 21.9 Å². The van der Waals surface area contributed by atoms with Gasteiger partial charge in [0.25, 0.3) is 0 Å². The molecule has 1 aromatic carbocycles. The Morgan fingerprint density at radius 1 is 1.29 bits per heavy atom. The number of pyridine rings is 1. The van der Waals surface area contributed by atoms with Gasteiger partial charge in [-0.3, -0.25) is 9.78 Å². The van der Waals surface area contributed by atoms with Gasteiger partial charge in [-0.2, -0.15) is 0 Å². The average molecular weight is 285 g/mol. The number of benzene rings is 1. The Morgan fingerprint density at radius 3 is 2.81 bits per heavy atom. The van der Waals surface area contributed by atoms with Gasteiger partial charge in [0.1, 0.15) is 5.69 Å². The van der Waals surface area contributed by atoms with E-state index in [9.17, 15) is 4.79 Å². The molecule has 1 amide bonds. The van der Waals surface area contributed by atoms with Gasteiger partial charge in [-0.1, -0.05) is 11.2 Å². The van der Waals surface area contributed by atoms with Crippen LogP contribution in [-0.2, 0) is 6.54 Å². The maximum atomic E-state index is 11.1. The standard InChI is InChI=1S/C14H15N5O2/c15-13(19-21)12-6-9(4-5-17-12)8-18-11-3-1-2-10(7-11)14(16)20/h1-7,18,21H,8H2,(H2,15,19)(H2,16,20). The molecular weight excluding hydrogens is 270 g/mol. The molecule has 2 aromatic rings. The van der Waals surface area contributed by atoms with Crippen molar-refractivity contribution in [3.05, 3.63) is 59.4 Å². The fourth-order valence-corrected chi connectivity index (χ4v) is 1.76. The second-order valence-electron chi connectivity index (χ2n) is 4.33. The molecule has 0 unspecified atom stereocenters. The number of amidine groups is 1. The lowest BCUT2D eigenvalue weighted by atomic mass is 10.1. The molecule has 0 aliphatic rings. The quantitative estimate of drug-likeness (QED) is 0.281. The third-order valence-electron chi connectivity index (χ3n) is 2.84. The van der Waals surface area contributed by atoms with Crippen LogP contribution in [0.15, 0.2) is 47.8 Å². The van der Waals surface area contributed by atoms with Crippen molar-refractivity contribution in [2.45, 2.75) is 6.54 Å². The molecule has 0 aliphatic heterocycles. The molecule has 0 spiro atoms. The van der Waals surface area contributed by atoms with Gasteiger partial charge >= 0.3 is 0 Å². The highest BCUT2D eigenvalue weighted by molar-refractivity contribution is 5.95. The summed E-state index contributed by atoms with van der Waals surface area (Å²) in [6, 6.07) is 10.4. The number of amides is 1. The molecule has 0 aliphatic carbocycles. The number of nitrogens with one attached hydrogen (secondary N) is 1. The summed E-state index contributed by atoms with van der Waals surface area (Å²) in [6.07, 6.45) is 1.57. The Morgan fingerprint density at radius 2 is 2.10 bits per heavy atom. The summed E-state index contributed by atoms with van der Waals surface area (Å²) < 4.78 is 0. The van der Waals surface area contributed by atoms with Gasteiger partial charge in [0, 0.05) is 24.0 Å². The lowest BCUT2D eigenvalue weighted by Gasteiger charge is -2.08. The van der Waals surface area contributed by atoms with Gasteiger partial charge in [-0.25, -0.2) is 0 Å².